The zero-order chi connectivity index (χ0) is 20.6. The molecule has 5 heteroatoms. The lowest BCUT2D eigenvalue weighted by Crippen LogP contribution is -2.53. The van der Waals surface area contributed by atoms with Crippen LogP contribution in [0.2, 0.25) is 0 Å². The number of fused-ring (bicyclic) bond motifs is 1. The molecule has 5 nitrogen and oxygen atoms in total. The average molecular weight is 397 g/mol. The Kier molecular flexibility index (Phi) is 5.28. The number of rotatable bonds is 8. The van der Waals surface area contributed by atoms with E-state index in [4.69, 9.17) is 14.6 Å². The molecule has 1 aromatic carbocycles. The van der Waals surface area contributed by atoms with Crippen molar-refractivity contribution in [2.24, 2.45) is 22.4 Å². The van der Waals surface area contributed by atoms with Crippen LogP contribution in [0, 0.1) is 17.3 Å². The minimum atomic E-state index is -0.326. The molecule has 2 saturated carbocycles. The third-order valence-electron chi connectivity index (χ3n) is 7.51. The Morgan fingerprint density at radius 2 is 2.17 bits per heavy atom. The predicted octanol–water partition coefficient (Wildman–Crippen LogP) is 5.17. The molecular formula is C24H32N2O3. The minimum Gasteiger partial charge on any atom is -0.442 e. The van der Waals surface area contributed by atoms with Crippen LogP contribution < -0.4 is 0 Å². The van der Waals surface area contributed by atoms with Gasteiger partial charge in [0.2, 0.25) is 0 Å². The fourth-order valence-corrected chi connectivity index (χ4v) is 5.63. The van der Waals surface area contributed by atoms with Gasteiger partial charge in [0.25, 0.3) is 0 Å². The molecule has 4 rings (SSSR count). The molecule has 1 saturated heterocycles. The maximum Gasteiger partial charge on any atom is 0.431 e. The van der Waals surface area contributed by atoms with Crippen molar-refractivity contribution in [3.05, 3.63) is 48.6 Å². The van der Waals surface area contributed by atoms with Crippen LogP contribution in [0.15, 0.2) is 48.1 Å². The van der Waals surface area contributed by atoms with Crippen molar-refractivity contribution in [3.63, 3.8) is 0 Å². The number of carbonyl (C=O) groups is 1. The second kappa shape index (κ2) is 7.60. The van der Waals surface area contributed by atoms with Crippen molar-refractivity contribution in [3.8, 4) is 0 Å². The monoisotopic (exact) mass is 396 g/mol. The van der Waals surface area contributed by atoms with Gasteiger partial charge in [0.15, 0.2) is 0 Å². The Labute approximate surface area is 173 Å². The molecule has 0 N–H and O–H groups in total. The van der Waals surface area contributed by atoms with Crippen molar-refractivity contribution in [1.29, 1.82) is 0 Å². The fourth-order valence-electron chi connectivity index (χ4n) is 5.63. The Hall–Kier alpha value is -2.14. The van der Waals surface area contributed by atoms with E-state index >= 15 is 0 Å². The van der Waals surface area contributed by atoms with Gasteiger partial charge >= 0.3 is 6.09 Å². The van der Waals surface area contributed by atoms with E-state index in [0.717, 1.165) is 37.0 Å². The second-order valence-corrected chi connectivity index (χ2v) is 9.30. The maximum atomic E-state index is 12.8. The lowest BCUT2D eigenvalue weighted by molar-refractivity contribution is 0.0557. The summed E-state index contributed by atoms with van der Waals surface area (Å²) in [7, 11) is 0. The molecular weight excluding hydrogens is 364 g/mol. The van der Waals surface area contributed by atoms with Gasteiger partial charge in [0.05, 0.1) is 18.9 Å². The second-order valence-electron chi connectivity index (χ2n) is 9.30. The lowest BCUT2D eigenvalue weighted by Gasteiger charge is -2.40. The third kappa shape index (κ3) is 3.20. The first-order chi connectivity index (χ1) is 13.9. The lowest BCUT2D eigenvalue weighted by atomic mass is 9.75. The quantitative estimate of drug-likeness (QED) is 0.450. The zero-order valence-electron chi connectivity index (χ0n) is 17.8. The number of ether oxygens (including phenoxy) is 2. The molecule has 3 aliphatic rings. The number of hydrazone groups is 1. The average Bonchev–Trinajstić information content (AvgIpc) is 3.21. The molecule has 29 heavy (non-hydrogen) atoms. The van der Waals surface area contributed by atoms with Gasteiger partial charge in [-0.05, 0) is 42.6 Å². The largest absolute Gasteiger partial charge is 0.442 e. The molecule has 1 aromatic rings. The molecule has 0 radical (unpaired) electrons. The maximum absolute atomic E-state index is 12.8. The number of amides is 1. The highest BCUT2D eigenvalue weighted by molar-refractivity contribution is 5.89. The van der Waals surface area contributed by atoms with Crippen molar-refractivity contribution < 1.29 is 14.3 Å². The van der Waals surface area contributed by atoms with E-state index in [1.165, 1.54) is 0 Å². The molecule has 2 bridgehead atoms. The molecule has 1 aliphatic heterocycles. The molecule has 2 aliphatic carbocycles. The van der Waals surface area contributed by atoms with Crippen LogP contribution in [0.4, 0.5) is 4.79 Å². The van der Waals surface area contributed by atoms with Gasteiger partial charge in [-0.3, -0.25) is 0 Å². The summed E-state index contributed by atoms with van der Waals surface area (Å²) >= 11 is 0. The van der Waals surface area contributed by atoms with Crippen molar-refractivity contribution in [2.75, 3.05) is 6.61 Å². The predicted molar refractivity (Wildman–Crippen MR) is 113 cm³/mol. The minimum absolute atomic E-state index is 0.00497. The first-order valence-electron chi connectivity index (χ1n) is 10.7. The van der Waals surface area contributed by atoms with Gasteiger partial charge in [-0.1, -0.05) is 57.2 Å². The third-order valence-corrected chi connectivity index (χ3v) is 7.51. The van der Waals surface area contributed by atoms with Crippen molar-refractivity contribution >= 4 is 11.8 Å². The molecule has 4 atom stereocenters. The van der Waals surface area contributed by atoms with E-state index in [-0.39, 0.29) is 29.1 Å². The number of carbonyl (C=O) groups excluding carboxylic acids is 1. The Morgan fingerprint density at radius 3 is 2.86 bits per heavy atom. The van der Waals surface area contributed by atoms with Gasteiger partial charge in [-0.15, -0.1) is 6.58 Å². The zero-order valence-corrected chi connectivity index (χ0v) is 17.8. The van der Waals surface area contributed by atoms with Crippen LogP contribution in [-0.2, 0) is 16.1 Å². The van der Waals surface area contributed by atoms with Gasteiger partial charge in [0, 0.05) is 5.92 Å². The summed E-state index contributed by atoms with van der Waals surface area (Å²) < 4.78 is 11.8. The van der Waals surface area contributed by atoms with Crippen molar-refractivity contribution in [1.82, 2.24) is 5.01 Å². The van der Waals surface area contributed by atoms with Gasteiger partial charge < -0.3 is 9.47 Å². The van der Waals surface area contributed by atoms with E-state index in [1.54, 1.807) is 5.01 Å². The van der Waals surface area contributed by atoms with Gasteiger partial charge in [-0.25, -0.2) is 4.79 Å². The Morgan fingerprint density at radius 1 is 1.41 bits per heavy atom. The molecule has 3 fully saturated rings. The first-order valence-corrected chi connectivity index (χ1v) is 10.7. The highest BCUT2D eigenvalue weighted by Crippen LogP contribution is 2.65. The number of hydrogen-bond acceptors (Lipinski definition) is 4. The molecule has 0 aromatic heterocycles. The Balaban J connectivity index is 1.58. The summed E-state index contributed by atoms with van der Waals surface area (Å²) in [6.07, 6.45) is 5.37. The summed E-state index contributed by atoms with van der Waals surface area (Å²) in [5.74, 6) is 0.731. The molecule has 0 unspecified atom stereocenters. The molecule has 1 spiro atoms. The standard InChI is InChI=1S/C24H32N2O3/c1-5-9-17(2)20(16-28-15-18-10-7-6-8-11-18)25-26-22(27)29-21-14-19-12-13-24(21,26)23(19,3)4/h5-8,10-11,17,19,21H,1,9,12-16H2,2-4H3/b25-20-/t17-,19-,21-,24-/m1/s1. The van der Waals surface area contributed by atoms with Crippen molar-refractivity contribution in [2.45, 2.75) is 64.7 Å². The highest BCUT2D eigenvalue weighted by Gasteiger charge is 2.73. The number of hydrogen-bond donors (Lipinski definition) is 0. The van der Waals surface area contributed by atoms with E-state index in [9.17, 15) is 4.79 Å². The van der Waals surface area contributed by atoms with Crippen LogP contribution in [0.5, 0.6) is 0 Å². The Bertz CT molecular complexity index is 804. The smallest absolute Gasteiger partial charge is 0.431 e. The number of nitrogens with zero attached hydrogens (tertiary/aromatic N) is 2. The first kappa shape index (κ1) is 20.1. The summed E-state index contributed by atoms with van der Waals surface area (Å²) in [5, 5.41) is 6.60. The SMILES string of the molecule is C=CC[C@@H](C)/C(COCc1ccccc1)=N\N1C(=O)O[C@@H]2C[C@H]3CC[C@]21C3(C)C. The summed E-state index contributed by atoms with van der Waals surface area (Å²) in [6, 6.07) is 10.1. The van der Waals surface area contributed by atoms with Crippen LogP contribution in [0.1, 0.15) is 52.0 Å². The summed E-state index contributed by atoms with van der Waals surface area (Å²) in [5.41, 5.74) is 1.68. The topological polar surface area (TPSA) is 51.1 Å². The fraction of sp³-hybridized carbons (Fsp3) is 0.583. The molecule has 156 valence electrons. The van der Waals surface area contributed by atoms with E-state index in [1.807, 2.05) is 36.4 Å². The number of allylic oxidation sites excluding steroid dienone is 1. The summed E-state index contributed by atoms with van der Waals surface area (Å²) in [6.45, 7) is 11.4. The molecule has 1 amide bonds. The van der Waals surface area contributed by atoms with Gasteiger partial charge in [0.1, 0.15) is 11.6 Å². The van der Waals surface area contributed by atoms with Crippen LogP contribution >= 0.6 is 0 Å². The molecule has 1 heterocycles. The van der Waals surface area contributed by atoms with E-state index < -0.39 is 0 Å². The highest BCUT2D eigenvalue weighted by atomic mass is 16.6. The van der Waals surface area contributed by atoms with E-state index in [2.05, 4.69) is 27.4 Å². The van der Waals surface area contributed by atoms with Crippen LogP contribution in [0.25, 0.3) is 0 Å². The summed E-state index contributed by atoms with van der Waals surface area (Å²) in [4.78, 5) is 12.8. The van der Waals surface area contributed by atoms with Crippen LogP contribution in [0.3, 0.4) is 0 Å². The van der Waals surface area contributed by atoms with Gasteiger partial charge in [-0.2, -0.15) is 10.1 Å². The number of benzene rings is 1. The van der Waals surface area contributed by atoms with E-state index in [0.29, 0.717) is 19.1 Å². The normalized spacial score (nSPS) is 30.9. The van der Waals surface area contributed by atoms with Crippen LogP contribution in [-0.4, -0.2) is 35.1 Å².